The van der Waals surface area contributed by atoms with Crippen LogP contribution in [0.2, 0.25) is 0 Å². The van der Waals surface area contributed by atoms with Gasteiger partial charge in [0, 0.05) is 23.9 Å². The zero-order valence-electron chi connectivity index (χ0n) is 13.2. The monoisotopic (exact) mass is 336 g/mol. The molecule has 0 bridgehead atoms. The molecular weight excluding hydrogens is 320 g/mol. The molecule has 0 fully saturated rings. The minimum absolute atomic E-state index is 0.176. The Morgan fingerprint density at radius 1 is 1.17 bits per heavy atom. The molecule has 24 heavy (non-hydrogen) atoms. The summed E-state index contributed by atoms with van der Waals surface area (Å²) in [5, 5.41) is 4.93. The lowest BCUT2D eigenvalue weighted by atomic mass is 10.1. The summed E-state index contributed by atoms with van der Waals surface area (Å²) in [4.78, 5) is 17.0. The van der Waals surface area contributed by atoms with Gasteiger partial charge in [-0.05, 0) is 25.1 Å². The number of aryl methyl sites for hydroxylation is 1. The fraction of sp³-hybridized carbons (Fsp3) is 0.158. The summed E-state index contributed by atoms with van der Waals surface area (Å²) in [6.45, 7) is 2.45. The van der Waals surface area contributed by atoms with Crippen LogP contribution in [0.15, 0.2) is 52.9 Å². The lowest BCUT2D eigenvalue weighted by molar-refractivity contribution is 0.0928. The highest BCUT2D eigenvalue weighted by atomic mass is 32.1. The predicted octanol–water partition coefficient (Wildman–Crippen LogP) is 4.32. The smallest absolute Gasteiger partial charge is 0.287 e. The topological polar surface area (TPSA) is 55.1 Å². The summed E-state index contributed by atoms with van der Waals surface area (Å²) in [5.41, 5.74) is 2.63. The minimum Gasteiger partial charge on any atom is -0.451 e. The molecule has 1 N–H and O–H groups in total. The van der Waals surface area contributed by atoms with Crippen LogP contribution in [0.4, 0.5) is 0 Å². The molecule has 0 saturated carbocycles. The number of hydrogen-bond acceptors (Lipinski definition) is 4. The number of nitrogens with zero attached hydrogens (tertiary/aromatic N) is 1. The normalized spacial score (nSPS) is 11.2. The Kier molecular flexibility index (Phi) is 3.78. The van der Waals surface area contributed by atoms with E-state index in [2.05, 4.69) is 16.4 Å². The minimum atomic E-state index is -0.176. The maximum absolute atomic E-state index is 12.4. The van der Waals surface area contributed by atoms with Gasteiger partial charge in [-0.3, -0.25) is 4.79 Å². The van der Waals surface area contributed by atoms with Gasteiger partial charge in [-0.2, -0.15) is 0 Å². The van der Waals surface area contributed by atoms with Crippen molar-refractivity contribution < 1.29 is 9.21 Å². The van der Waals surface area contributed by atoms with Crippen molar-refractivity contribution in [2.24, 2.45) is 0 Å². The maximum Gasteiger partial charge on any atom is 0.287 e. The Morgan fingerprint density at radius 2 is 1.96 bits per heavy atom. The number of carbonyl (C=O) groups excluding carboxylic acids is 1. The molecule has 1 amide bonds. The molecular formula is C19H16N2O2S. The average molecular weight is 336 g/mol. The summed E-state index contributed by atoms with van der Waals surface area (Å²) >= 11 is 1.67. The van der Waals surface area contributed by atoms with Gasteiger partial charge in [0.2, 0.25) is 0 Å². The molecule has 2 heterocycles. The van der Waals surface area contributed by atoms with Crippen LogP contribution in [0.25, 0.3) is 21.2 Å². The first-order valence-corrected chi connectivity index (χ1v) is 8.65. The van der Waals surface area contributed by atoms with E-state index in [1.807, 2.05) is 49.4 Å². The van der Waals surface area contributed by atoms with Crippen molar-refractivity contribution in [1.82, 2.24) is 10.3 Å². The Labute approximate surface area is 143 Å². The highest BCUT2D eigenvalue weighted by molar-refractivity contribution is 7.18. The van der Waals surface area contributed by atoms with Crippen molar-refractivity contribution in [2.75, 3.05) is 6.54 Å². The second kappa shape index (κ2) is 6.09. The van der Waals surface area contributed by atoms with Crippen molar-refractivity contribution in [2.45, 2.75) is 13.3 Å². The SMILES string of the molecule is Cc1c(C(=O)NCCc2nc3ccccc3s2)oc2ccccc12. The fourth-order valence-electron chi connectivity index (χ4n) is 2.78. The molecule has 120 valence electrons. The van der Waals surface area contributed by atoms with Crippen molar-refractivity contribution in [1.29, 1.82) is 0 Å². The van der Waals surface area contributed by atoms with Crippen molar-refractivity contribution in [3.63, 3.8) is 0 Å². The Bertz CT molecular complexity index is 999. The number of furan rings is 1. The average Bonchev–Trinajstić information content (AvgIpc) is 3.16. The lowest BCUT2D eigenvalue weighted by Gasteiger charge is -2.02. The molecule has 0 radical (unpaired) electrons. The highest BCUT2D eigenvalue weighted by Crippen LogP contribution is 2.25. The second-order valence-electron chi connectivity index (χ2n) is 5.63. The molecule has 0 aliphatic heterocycles. The van der Waals surface area contributed by atoms with Crippen LogP contribution in [0.5, 0.6) is 0 Å². The quantitative estimate of drug-likeness (QED) is 0.604. The number of fused-ring (bicyclic) bond motifs is 2. The molecule has 2 aromatic heterocycles. The summed E-state index contributed by atoms with van der Waals surface area (Å²) in [6, 6.07) is 15.7. The van der Waals surface area contributed by atoms with E-state index >= 15 is 0 Å². The largest absolute Gasteiger partial charge is 0.451 e. The van der Waals surface area contributed by atoms with Crippen LogP contribution >= 0.6 is 11.3 Å². The van der Waals surface area contributed by atoms with E-state index in [9.17, 15) is 4.79 Å². The van der Waals surface area contributed by atoms with Gasteiger partial charge in [-0.25, -0.2) is 4.98 Å². The molecule has 4 aromatic rings. The van der Waals surface area contributed by atoms with Gasteiger partial charge in [0.25, 0.3) is 5.91 Å². The van der Waals surface area contributed by atoms with Crippen molar-refractivity contribution >= 4 is 38.4 Å². The number of amides is 1. The summed E-state index contributed by atoms with van der Waals surface area (Å²) in [7, 11) is 0. The Hall–Kier alpha value is -2.66. The van der Waals surface area contributed by atoms with E-state index in [-0.39, 0.29) is 5.91 Å². The van der Waals surface area contributed by atoms with Gasteiger partial charge in [-0.15, -0.1) is 11.3 Å². The van der Waals surface area contributed by atoms with Crippen LogP contribution in [0.3, 0.4) is 0 Å². The zero-order chi connectivity index (χ0) is 16.5. The van der Waals surface area contributed by atoms with E-state index in [4.69, 9.17) is 4.42 Å². The molecule has 0 aliphatic rings. The second-order valence-corrected chi connectivity index (χ2v) is 6.75. The van der Waals surface area contributed by atoms with Crippen molar-refractivity contribution in [3.8, 4) is 0 Å². The first kappa shape index (κ1) is 14.9. The van der Waals surface area contributed by atoms with Gasteiger partial charge in [0.05, 0.1) is 15.2 Å². The number of thiazole rings is 1. The number of rotatable bonds is 4. The van der Waals surface area contributed by atoms with E-state index < -0.39 is 0 Å². The summed E-state index contributed by atoms with van der Waals surface area (Å²) in [5.74, 6) is 0.213. The van der Waals surface area contributed by atoms with Gasteiger partial charge < -0.3 is 9.73 Å². The summed E-state index contributed by atoms with van der Waals surface area (Å²) < 4.78 is 6.86. The Balaban J connectivity index is 1.45. The molecule has 2 aromatic carbocycles. The fourth-order valence-corrected chi connectivity index (χ4v) is 3.75. The van der Waals surface area contributed by atoms with Gasteiger partial charge in [0.1, 0.15) is 5.58 Å². The van der Waals surface area contributed by atoms with E-state index in [0.29, 0.717) is 18.7 Å². The van der Waals surface area contributed by atoms with E-state index in [1.54, 1.807) is 11.3 Å². The molecule has 0 saturated heterocycles. The first-order chi connectivity index (χ1) is 11.7. The number of aromatic nitrogens is 1. The molecule has 0 aliphatic carbocycles. The number of para-hydroxylation sites is 2. The Morgan fingerprint density at radius 3 is 2.79 bits per heavy atom. The third-order valence-electron chi connectivity index (χ3n) is 4.01. The van der Waals surface area contributed by atoms with Crippen LogP contribution in [-0.4, -0.2) is 17.4 Å². The standard InChI is InChI=1S/C19H16N2O2S/c1-12-13-6-2-4-8-15(13)23-18(12)19(22)20-11-10-17-21-14-7-3-5-9-16(14)24-17/h2-9H,10-11H2,1H3,(H,20,22). The number of hydrogen-bond donors (Lipinski definition) is 1. The first-order valence-electron chi connectivity index (χ1n) is 7.83. The third kappa shape index (κ3) is 2.67. The molecule has 0 unspecified atom stereocenters. The molecule has 4 nitrogen and oxygen atoms in total. The van der Waals surface area contributed by atoms with Gasteiger partial charge in [-0.1, -0.05) is 30.3 Å². The summed E-state index contributed by atoms with van der Waals surface area (Å²) in [6.07, 6.45) is 0.713. The maximum atomic E-state index is 12.4. The molecule has 0 atom stereocenters. The third-order valence-corrected chi connectivity index (χ3v) is 5.11. The predicted molar refractivity (Wildman–Crippen MR) is 96.6 cm³/mol. The van der Waals surface area contributed by atoms with E-state index in [1.165, 1.54) is 4.70 Å². The molecule has 4 rings (SSSR count). The lowest BCUT2D eigenvalue weighted by Crippen LogP contribution is -2.25. The van der Waals surface area contributed by atoms with Gasteiger partial charge in [0.15, 0.2) is 5.76 Å². The highest BCUT2D eigenvalue weighted by Gasteiger charge is 2.17. The molecule has 0 spiro atoms. The molecule has 5 heteroatoms. The van der Waals surface area contributed by atoms with Crippen LogP contribution in [0, 0.1) is 6.92 Å². The van der Waals surface area contributed by atoms with Gasteiger partial charge >= 0.3 is 0 Å². The van der Waals surface area contributed by atoms with Crippen LogP contribution < -0.4 is 5.32 Å². The zero-order valence-corrected chi connectivity index (χ0v) is 14.0. The van der Waals surface area contributed by atoms with E-state index in [0.717, 1.165) is 27.1 Å². The van der Waals surface area contributed by atoms with Crippen LogP contribution in [0.1, 0.15) is 21.1 Å². The number of carbonyl (C=O) groups is 1. The van der Waals surface area contributed by atoms with Crippen LogP contribution in [-0.2, 0) is 6.42 Å². The number of nitrogens with one attached hydrogen (secondary N) is 1. The number of benzene rings is 2. The van der Waals surface area contributed by atoms with Crippen molar-refractivity contribution in [3.05, 3.63) is 64.9 Å².